The first-order chi connectivity index (χ1) is 7.38. The standard InChI is InChI=1S/C13H17NS/c15-9-10-7-11-3-1-5-14-6-2-4-12(8-10)13(11)14/h7-8,15H,1-6,9H2. The average molecular weight is 219 g/mol. The molecule has 0 amide bonds. The van der Waals surface area contributed by atoms with E-state index in [1.54, 1.807) is 16.8 Å². The Morgan fingerprint density at radius 3 is 2.20 bits per heavy atom. The topological polar surface area (TPSA) is 3.24 Å². The summed E-state index contributed by atoms with van der Waals surface area (Å²) in [6.45, 7) is 2.53. The van der Waals surface area contributed by atoms with Gasteiger partial charge in [-0.3, -0.25) is 0 Å². The summed E-state index contributed by atoms with van der Waals surface area (Å²) in [6, 6.07) is 4.73. The molecule has 1 nitrogen and oxygen atoms in total. The van der Waals surface area contributed by atoms with Gasteiger partial charge in [-0.2, -0.15) is 12.6 Å². The van der Waals surface area contributed by atoms with Gasteiger partial charge in [-0.25, -0.2) is 0 Å². The highest BCUT2D eigenvalue weighted by molar-refractivity contribution is 7.79. The van der Waals surface area contributed by atoms with Crippen molar-refractivity contribution in [2.75, 3.05) is 18.0 Å². The zero-order chi connectivity index (χ0) is 10.3. The number of benzene rings is 1. The van der Waals surface area contributed by atoms with Crippen molar-refractivity contribution in [1.29, 1.82) is 0 Å². The summed E-state index contributed by atoms with van der Waals surface area (Å²) >= 11 is 4.39. The molecule has 0 atom stereocenters. The summed E-state index contributed by atoms with van der Waals surface area (Å²) in [6.07, 6.45) is 5.17. The number of anilines is 1. The van der Waals surface area contributed by atoms with Crippen molar-refractivity contribution in [3.05, 3.63) is 28.8 Å². The Labute approximate surface area is 96.9 Å². The molecule has 2 heterocycles. The van der Waals surface area contributed by atoms with Crippen LogP contribution in [-0.4, -0.2) is 13.1 Å². The Hall–Kier alpha value is -0.630. The number of hydrogen-bond donors (Lipinski definition) is 1. The highest BCUT2D eigenvalue weighted by Crippen LogP contribution is 2.36. The first-order valence-corrected chi connectivity index (χ1v) is 6.52. The van der Waals surface area contributed by atoms with E-state index in [1.807, 2.05) is 0 Å². The minimum absolute atomic E-state index is 0.875. The molecule has 0 bridgehead atoms. The van der Waals surface area contributed by atoms with Crippen LogP contribution < -0.4 is 4.90 Å². The molecule has 0 fully saturated rings. The van der Waals surface area contributed by atoms with Crippen LogP contribution in [-0.2, 0) is 18.6 Å². The van der Waals surface area contributed by atoms with Gasteiger partial charge in [-0.05, 0) is 42.4 Å². The van der Waals surface area contributed by atoms with Gasteiger partial charge in [0, 0.05) is 24.5 Å². The third-order valence-corrected chi connectivity index (χ3v) is 3.94. The Bertz CT molecular complexity index is 355. The van der Waals surface area contributed by atoms with Crippen molar-refractivity contribution >= 4 is 18.3 Å². The van der Waals surface area contributed by atoms with Crippen LogP contribution >= 0.6 is 12.6 Å². The van der Waals surface area contributed by atoms with Crippen LogP contribution in [0.3, 0.4) is 0 Å². The Balaban J connectivity index is 2.15. The van der Waals surface area contributed by atoms with E-state index in [9.17, 15) is 0 Å². The van der Waals surface area contributed by atoms with Crippen molar-refractivity contribution < 1.29 is 0 Å². The first-order valence-electron chi connectivity index (χ1n) is 5.89. The van der Waals surface area contributed by atoms with Crippen molar-refractivity contribution in [2.45, 2.75) is 31.4 Å². The van der Waals surface area contributed by atoms with E-state index >= 15 is 0 Å². The van der Waals surface area contributed by atoms with Gasteiger partial charge in [-0.1, -0.05) is 12.1 Å². The van der Waals surface area contributed by atoms with E-state index in [1.165, 1.54) is 44.3 Å². The lowest BCUT2D eigenvalue weighted by molar-refractivity contribution is 0.633. The van der Waals surface area contributed by atoms with Crippen LogP contribution in [0, 0.1) is 0 Å². The second kappa shape index (κ2) is 3.75. The van der Waals surface area contributed by atoms with Crippen LogP contribution in [0.15, 0.2) is 12.1 Å². The molecule has 0 N–H and O–H groups in total. The van der Waals surface area contributed by atoms with Crippen LogP contribution in [0.1, 0.15) is 29.5 Å². The number of thiol groups is 1. The number of nitrogens with zero attached hydrogens (tertiary/aromatic N) is 1. The minimum atomic E-state index is 0.875. The molecule has 3 rings (SSSR count). The molecule has 0 aromatic heterocycles. The fourth-order valence-electron chi connectivity index (χ4n) is 2.97. The quantitative estimate of drug-likeness (QED) is 0.711. The van der Waals surface area contributed by atoms with Crippen molar-refractivity contribution in [3.8, 4) is 0 Å². The molecule has 1 aromatic rings. The van der Waals surface area contributed by atoms with Gasteiger partial charge in [0.05, 0.1) is 0 Å². The number of rotatable bonds is 1. The molecule has 2 aliphatic rings. The molecule has 80 valence electrons. The van der Waals surface area contributed by atoms with Gasteiger partial charge in [0.2, 0.25) is 0 Å². The molecule has 15 heavy (non-hydrogen) atoms. The zero-order valence-electron chi connectivity index (χ0n) is 9.00. The molecule has 1 aromatic carbocycles. The smallest absolute Gasteiger partial charge is 0.0431 e. The van der Waals surface area contributed by atoms with Crippen molar-refractivity contribution in [1.82, 2.24) is 0 Å². The highest BCUT2D eigenvalue weighted by atomic mass is 32.1. The summed E-state index contributed by atoms with van der Waals surface area (Å²) < 4.78 is 0. The van der Waals surface area contributed by atoms with Crippen molar-refractivity contribution in [2.24, 2.45) is 0 Å². The Morgan fingerprint density at radius 2 is 1.67 bits per heavy atom. The largest absolute Gasteiger partial charge is 0.371 e. The molecule has 0 aliphatic carbocycles. The second-order valence-corrected chi connectivity index (χ2v) is 4.93. The number of aryl methyl sites for hydroxylation is 2. The summed E-state index contributed by atoms with van der Waals surface area (Å²) in [4.78, 5) is 2.58. The third-order valence-electron chi connectivity index (χ3n) is 3.57. The second-order valence-electron chi connectivity index (χ2n) is 4.61. The summed E-state index contributed by atoms with van der Waals surface area (Å²) in [7, 11) is 0. The van der Waals surface area contributed by atoms with E-state index in [0.29, 0.717) is 0 Å². The van der Waals surface area contributed by atoms with Crippen molar-refractivity contribution in [3.63, 3.8) is 0 Å². The van der Waals surface area contributed by atoms with Gasteiger partial charge in [0.25, 0.3) is 0 Å². The van der Waals surface area contributed by atoms with E-state index in [4.69, 9.17) is 0 Å². The molecule has 2 aliphatic heterocycles. The lowest BCUT2D eigenvalue weighted by Gasteiger charge is -2.37. The van der Waals surface area contributed by atoms with Crippen LogP contribution in [0.4, 0.5) is 5.69 Å². The monoisotopic (exact) mass is 219 g/mol. The number of hydrogen-bond acceptors (Lipinski definition) is 2. The third kappa shape index (κ3) is 1.55. The molecular formula is C13H17NS. The molecule has 0 saturated carbocycles. The van der Waals surface area contributed by atoms with Gasteiger partial charge in [0.1, 0.15) is 0 Å². The Morgan fingerprint density at radius 1 is 1.07 bits per heavy atom. The maximum absolute atomic E-state index is 4.39. The van der Waals surface area contributed by atoms with Crippen LogP contribution in [0.2, 0.25) is 0 Å². The van der Waals surface area contributed by atoms with E-state index in [2.05, 4.69) is 29.7 Å². The minimum Gasteiger partial charge on any atom is -0.371 e. The SMILES string of the molecule is SCc1cc2c3c(c1)CCCN3CCC2. The molecule has 2 heteroatoms. The molecule has 0 saturated heterocycles. The predicted octanol–water partition coefficient (Wildman–Crippen LogP) is 2.82. The maximum Gasteiger partial charge on any atom is 0.0431 e. The van der Waals surface area contributed by atoms with Gasteiger partial charge in [-0.15, -0.1) is 0 Å². The van der Waals surface area contributed by atoms with Gasteiger partial charge < -0.3 is 4.90 Å². The van der Waals surface area contributed by atoms with E-state index < -0.39 is 0 Å². The molecule has 0 spiro atoms. The fourth-order valence-corrected chi connectivity index (χ4v) is 3.15. The highest BCUT2D eigenvalue weighted by Gasteiger charge is 2.23. The summed E-state index contributed by atoms with van der Waals surface area (Å²) in [5.74, 6) is 0.875. The molecular weight excluding hydrogens is 202 g/mol. The average Bonchev–Trinajstić information content (AvgIpc) is 2.29. The van der Waals surface area contributed by atoms with E-state index in [0.717, 1.165) is 5.75 Å². The first kappa shape index (κ1) is 9.59. The Kier molecular flexibility index (Phi) is 2.39. The molecule has 0 unspecified atom stereocenters. The van der Waals surface area contributed by atoms with Gasteiger partial charge >= 0.3 is 0 Å². The molecule has 0 radical (unpaired) electrons. The summed E-state index contributed by atoms with van der Waals surface area (Å²) in [5.41, 5.74) is 6.11. The maximum atomic E-state index is 4.39. The van der Waals surface area contributed by atoms with E-state index in [-0.39, 0.29) is 0 Å². The lowest BCUT2D eigenvalue weighted by atomic mass is 9.90. The predicted molar refractivity (Wildman–Crippen MR) is 68.0 cm³/mol. The van der Waals surface area contributed by atoms with Crippen LogP contribution in [0.25, 0.3) is 0 Å². The van der Waals surface area contributed by atoms with Crippen LogP contribution in [0.5, 0.6) is 0 Å². The summed E-state index contributed by atoms with van der Waals surface area (Å²) in [5, 5.41) is 0. The van der Waals surface area contributed by atoms with Gasteiger partial charge in [0.15, 0.2) is 0 Å². The zero-order valence-corrected chi connectivity index (χ0v) is 9.89. The fraction of sp³-hybridized carbons (Fsp3) is 0.538. The normalized spacial score (nSPS) is 18.9. The lowest BCUT2D eigenvalue weighted by Crippen LogP contribution is -2.34.